The van der Waals surface area contributed by atoms with Gasteiger partial charge in [-0.25, -0.2) is 9.37 Å². The standard InChI is InChI=1S/C23H18FN9O/c1-11-4-3-5-17-18(11)22(34)33(15-7-13(9-25)6-14(24)8-15)21(30-17)12(2)29-20-16(10-26)19(27)31-23(28)32-20/h3-8,12H,1-2H3,(H5,27,28,29,31,32). The van der Waals surface area contributed by atoms with E-state index in [4.69, 9.17) is 11.5 Å². The van der Waals surface area contributed by atoms with Gasteiger partial charge in [0.1, 0.15) is 29.1 Å². The van der Waals surface area contributed by atoms with Crippen molar-refractivity contribution in [1.82, 2.24) is 19.5 Å². The number of hydrogen-bond donors (Lipinski definition) is 3. The largest absolute Gasteiger partial charge is 0.382 e. The normalized spacial score (nSPS) is 11.6. The molecule has 0 spiro atoms. The van der Waals surface area contributed by atoms with Crippen LogP contribution >= 0.6 is 0 Å². The van der Waals surface area contributed by atoms with Gasteiger partial charge in [-0.05, 0) is 43.7 Å². The Morgan fingerprint density at radius 2 is 1.88 bits per heavy atom. The first-order chi connectivity index (χ1) is 16.2. The van der Waals surface area contributed by atoms with Gasteiger partial charge in [-0.1, -0.05) is 12.1 Å². The van der Waals surface area contributed by atoms with Gasteiger partial charge in [0, 0.05) is 0 Å². The van der Waals surface area contributed by atoms with Crippen molar-refractivity contribution in [3.63, 3.8) is 0 Å². The SMILES string of the molecule is Cc1cccc2nc(C(C)Nc3nc(N)nc(N)c3C#N)n(-c3cc(F)cc(C#N)c3)c(=O)c12. The van der Waals surface area contributed by atoms with Gasteiger partial charge in [-0.3, -0.25) is 9.36 Å². The van der Waals surface area contributed by atoms with Crippen LogP contribution in [0, 0.1) is 35.4 Å². The van der Waals surface area contributed by atoms with Gasteiger partial charge in [-0.15, -0.1) is 0 Å². The molecular formula is C23H18FN9O. The number of aromatic nitrogens is 4. The molecule has 0 bridgehead atoms. The first-order valence-electron chi connectivity index (χ1n) is 10.1. The van der Waals surface area contributed by atoms with Gasteiger partial charge in [0.25, 0.3) is 5.56 Å². The van der Waals surface area contributed by atoms with Crippen LogP contribution in [0.4, 0.5) is 22.0 Å². The van der Waals surface area contributed by atoms with E-state index in [9.17, 15) is 19.7 Å². The fraction of sp³-hybridized carbons (Fsp3) is 0.130. The molecule has 0 amide bonds. The Labute approximate surface area is 192 Å². The molecule has 2 aromatic heterocycles. The lowest BCUT2D eigenvalue weighted by atomic mass is 10.1. The van der Waals surface area contributed by atoms with Crippen molar-refractivity contribution in [2.24, 2.45) is 0 Å². The molecule has 0 radical (unpaired) electrons. The smallest absolute Gasteiger partial charge is 0.266 e. The molecule has 168 valence electrons. The summed E-state index contributed by atoms with van der Waals surface area (Å²) in [6.45, 7) is 3.45. The van der Waals surface area contributed by atoms with E-state index < -0.39 is 17.4 Å². The van der Waals surface area contributed by atoms with Crippen LogP contribution in [0.15, 0.2) is 41.2 Å². The molecular weight excluding hydrogens is 437 g/mol. The number of nitrogens with one attached hydrogen (secondary N) is 1. The number of nitriles is 2. The number of aryl methyl sites for hydroxylation is 1. The molecule has 0 saturated heterocycles. The Balaban J connectivity index is 1.99. The second-order valence-electron chi connectivity index (χ2n) is 7.56. The Kier molecular flexibility index (Phi) is 5.53. The maximum atomic E-state index is 14.3. The van der Waals surface area contributed by atoms with Crippen molar-refractivity contribution in [1.29, 1.82) is 10.5 Å². The van der Waals surface area contributed by atoms with Crippen molar-refractivity contribution in [3.8, 4) is 17.8 Å². The van der Waals surface area contributed by atoms with E-state index in [-0.39, 0.29) is 40.2 Å². The third kappa shape index (κ3) is 3.82. The molecule has 0 aliphatic heterocycles. The fourth-order valence-corrected chi connectivity index (χ4v) is 3.70. The molecule has 4 aromatic rings. The van der Waals surface area contributed by atoms with Gasteiger partial charge in [-0.2, -0.15) is 20.5 Å². The van der Waals surface area contributed by atoms with E-state index in [2.05, 4.69) is 20.3 Å². The zero-order valence-electron chi connectivity index (χ0n) is 18.2. The van der Waals surface area contributed by atoms with Crippen molar-refractivity contribution in [2.75, 3.05) is 16.8 Å². The van der Waals surface area contributed by atoms with Gasteiger partial charge in [0.2, 0.25) is 5.95 Å². The molecule has 1 unspecified atom stereocenters. The predicted molar refractivity (Wildman–Crippen MR) is 124 cm³/mol. The Hall–Kier alpha value is -5.03. The summed E-state index contributed by atoms with van der Waals surface area (Å²) >= 11 is 0. The Bertz CT molecular complexity index is 1600. The molecule has 0 fully saturated rings. The lowest BCUT2D eigenvalue weighted by Crippen LogP contribution is -2.28. The van der Waals surface area contributed by atoms with Crippen LogP contribution in [-0.4, -0.2) is 19.5 Å². The quantitative estimate of drug-likeness (QED) is 0.418. The van der Waals surface area contributed by atoms with E-state index in [0.29, 0.717) is 16.5 Å². The summed E-state index contributed by atoms with van der Waals surface area (Å²) in [5.74, 6) is -0.678. The highest BCUT2D eigenvalue weighted by molar-refractivity contribution is 5.81. The minimum absolute atomic E-state index is 0.0240. The maximum absolute atomic E-state index is 14.3. The summed E-state index contributed by atoms with van der Waals surface area (Å²) in [4.78, 5) is 26.1. The number of hydrogen-bond acceptors (Lipinski definition) is 9. The number of fused-ring (bicyclic) bond motifs is 1. The molecule has 34 heavy (non-hydrogen) atoms. The third-order valence-corrected chi connectivity index (χ3v) is 5.21. The topological polar surface area (TPSA) is 172 Å². The van der Waals surface area contributed by atoms with Crippen LogP contribution in [0.3, 0.4) is 0 Å². The highest BCUT2D eigenvalue weighted by atomic mass is 19.1. The van der Waals surface area contributed by atoms with Crippen LogP contribution in [0.1, 0.15) is 35.5 Å². The number of nitrogen functional groups attached to an aromatic ring is 2. The van der Waals surface area contributed by atoms with Crippen LogP contribution in [0.5, 0.6) is 0 Å². The summed E-state index contributed by atoms with van der Waals surface area (Å²) in [6, 6.07) is 11.9. The number of nitrogens with two attached hydrogens (primary N) is 2. The van der Waals surface area contributed by atoms with Crippen LogP contribution < -0.4 is 22.3 Å². The van der Waals surface area contributed by atoms with E-state index in [1.54, 1.807) is 32.0 Å². The maximum Gasteiger partial charge on any atom is 0.266 e. The monoisotopic (exact) mass is 455 g/mol. The van der Waals surface area contributed by atoms with Crippen LogP contribution in [0.2, 0.25) is 0 Å². The molecule has 1 atom stereocenters. The molecule has 0 aliphatic rings. The van der Waals surface area contributed by atoms with Crippen molar-refractivity contribution in [3.05, 3.63) is 75.1 Å². The minimum atomic E-state index is -0.729. The molecule has 11 heteroatoms. The number of rotatable bonds is 4. The summed E-state index contributed by atoms with van der Waals surface area (Å²) in [6.07, 6.45) is 0. The van der Waals surface area contributed by atoms with Gasteiger partial charge in [0.15, 0.2) is 5.82 Å². The first-order valence-corrected chi connectivity index (χ1v) is 10.1. The molecule has 0 saturated carbocycles. The lowest BCUT2D eigenvalue weighted by molar-refractivity contribution is 0.624. The first kappa shape index (κ1) is 22.2. The van der Waals surface area contributed by atoms with E-state index in [0.717, 1.165) is 12.1 Å². The second-order valence-corrected chi connectivity index (χ2v) is 7.56. The molecule has 0 aliphatic carbocycles. The number of benzene rings is 2. The number of nitrogens with zero attached hydrogens (tertiary/aromatic N) is 6. The average molecular weight is 455 g/mol. The fourth-order valence-electron chi connectivity index (χ4n) is 3.70. The molecule has 2 heterocycles. The zero-order chi connectivity index (χ0) is 24.6. The zero-order valence-corrected chi connectivity index (χ0v) is 18.2. The van der Waals surface area contributed by atoms with E-state index in [1.165, 1.54) is 10.6 Å². The molecule has 10 nitrogen and oxygen atoms in total. The van der Waals surface area contributed by atoms with Crippen molar-refractivity contribution >= 4 is 28.5 Å². The number of anilines is 3. The lowest BCUT2D eigenvalue weighted by Gasteiger charge is -2.21. The Morgan fingerprint density at radius 1 is 1.12 bits per heavy atom. The van der Waals surface area contributed by atoms with Crippen LogP contribution in [-0.2, 0) is 0 Å². The highest BCUT2D eigenvalue weighted by Gasteiger charge is 2.22. The summed E-state index contributed by atoms with van der Waals surface area (Å²) in [5, 5.41) is 22.1. The van der Waals surface area contributed by atoms with E-state index >= 15 is 0 Å². The molecule has 4 rings (SSSR count). The average Bonchev–Trinajstić information content (AvgIpc) is 2.78. The summed E-state index contributed by atoms with van der Waals surface area (Å²) < 4.78 is 15.5. The summed E-state index contributed by atoms with van der Waals surface area (Å²) in [7, 11) is 0. The van der Waals surface area contributed by atoms with E-state index in [1.807, 2.05) is 12.1 Å². The molecule has 2 aromatic carbocycles. The third-order valence-electron chi connectivity index (χ3n) is 5.21. The summed E-state index contributed by atoms with van der Waals surface area (Å²) in [5.41, 5.74) is 12.3. The second kappa shape index (κ2) is 8.48. The molecule has 5 N–H and O–H groups in total. The van der Waals surface area contributed by atoms with Crippen LogP contribution in [0.25, 0.3) is 16.6 Å². The Morgan fingerprint density at radius 3 is 2.59 bits per heavy atom. The van der Waals surface area contributed by atoms with Gasteiger partial charge in [0.05, 0.1) is 34.3 Å². The van der Waals surface area contributed by atoms with Gasteiger partial charge >= 0.3 is 0 Å². The van der Waals surface area contributed by atoms with Crippen molar-refractivity contribution in [2.45, 2.75) is 19.9 Å². The predicted octanol–water partition coefficient (Wildman–Crippen LogP) is 2.70. The number of halogens is 1. The minimum Gasteiger partial charge on any atom is -0.382 e. The van der Waals surface area contributed by atoms with Gasteiger partial charge < -0.3 is 16.8 Å². The van der Waals surface area contributed by atoms with Crippen molar-refractivity contribution < 1.29 is 4.39 Å². The highest BCUT2D eigenvalue weighted by Crippen LogP contribution is 2.26.